The molecule has 1 aromatic heterocycles. The highest BCUT2D eigenvalue weighted by molar-refractivity contribution is 5.77. The van der Waals surface area contributed by atoms with E-state index in [1.54, 1.807) is 18.6 Å². The maximum atomic E-state index is 12.5. The number of benzene rings is 1. The number of nitrogens with one attached hydrogen (secondary N) is 1. The summed E-state index contributed by atoms with van der Waals surface area (Å²) >= 11 is 0. The van der Waals surface area contributed by atoms with Gasteiger partial charge in [-0.05, 0) is 42.7 Å². The largest absolute Gasteiger partial charge is 0.355 e. The van der Waals surface area contributed by atoms with Crippen LogP contribution in [0.5, 0.6) is 0 Å². The van der Waals surface area contributed by atoms with Crippen LogP contribution >= 0.6 is 0 Å². The van der Waals surface area contributed by atoms with E-state index in [4.69, 9.17) is 0 Å². The van der Waals surface area contributed by atoms with Gasteiger partial charge in [0.05, 0.1) is 6.20 Å². The molecule has 5 heteroatoms. The summed E-state index contributed by atoms with van der Waals surface area (Å²) in [6.45, 7) is 1.83. The van der Waals surface area contributed by atoms with Crippen molar-refractivity contribution in [3.8, 4) is 0 Å². The zero-order valence-corrected chi connectivity index (χ0v) is 14.4. The van der Waals surface area contributed by atoms with E-state index in [1.807, 2.05) is 0 Å². The number of hydrogen-bond donors (Lipinski definition) is 1. The summed E-state index contributed by atoms with van der Waals surface area (Å²) in [5.41, 5.74) is 2.78. The van der Waals surface area contributed by atoms with E-state index in [0.29, 0.717) is 12.3 Å². The highest BCUT2D eigenvalue weighted by Gasteiger charge is 2.26. The van der Waals surface area contributed by atoms with E-state index in [2.05, 4.69) is 44.5 Å². The van der Waals surface area contributed by atoms with Crippen molar-refractivity contribution in [3.05, 3.63) is 54.0 Å². The molecule has 1 aliphatic carbocycles. The van der Waals surface area contributed by atoms with E-state index in [1.165, 1.54) is 11.1 Å². The summed E-state index contributed by atoms with van der Waals surface area (Å²) in [5, 5.41) is 3.25. The lowest BCUT2D eigenvalue weighted by molar-refractivity contribution is -0.122. The first-order valence-electron chi connectivity index (χ1n) is 9.18. The van der Waals surface area contributed by atoms with Gasteiger partial charge in [0.1, 0.15) is 5.82 Å². The van der Waals surface area contributed by atoms with Crippen LogP contribution in [0.3, 0.4) is 0 Å². The average molecular weight is 336 g/mol. The van der Waals surface area contributed by atoms with Crippen LogP contribution in [0, 0.1) is 0 Å². The molecular formula is C20H24N4O. The highest BCUT2D eigenvalue weighted by Crippen LogP contribution is 2.35. The molecule has 2 aliphatic rings. The molecule has 1 aliphatic heterocycles. The number of carbonyl (C=O) groups excluding carboxylic acids is 1. The monoisotopic (exact) mass is 336 g/mol. The van der Waals surface area contributed by atoms with Crippen LogP contribution in [0.2, 0.25) is 0 Å². The van der Waals surface area contributed by atoms with E-state index >= 15 is 0 Å². The molecule has 2 heterocycles. The van der Waals surface area contributed by atoms with Crippen LogP contribution in [0.25, 0.3) is 0 Å². The van der Waals surface area contributed by atoms with Crippen molar-refractivity contribution in [2.45, 2.75) is 44.1 Å². The normalized spacial score (nSPS) is 20.3. The minimum Gasteiger partial charge on any atom is -0.355 e. The lowest BCUT2D eigenvalue weighted by Gasteiger charge is -2.33. The Balaban J connectivity index is 1.27. The third-order valence-electron chi connectivity index (χ3n) is 5.42. The maximum Gasteiger partial charge on any atom is 0.220 e. The number of amides is 1. The molecule has 1 fully saturated rings. The number of fused-ring (bicyclic) bond motifs is 1. The molecule has 5 nitrogen and oxygen atoms in total. The number of anilines is 1. The second-order valence-electron chi connectivity index (χ2n) is 7.03. The minimum atomic E-state index is 0.194. The van der Waals surface area contributed by atoms with Crippen molar-refractivity contribution in [1.82, 2.24) is 15.3 Å². The van der Waals surface area contributed by atoms with Crippen molar-refractivity contribution >= 4 is 11.7 Å². The third-order valence-corrected chi connectivity index (χ3v) is 5.42. The van der Waals surface area contributed by atoms with Crippen molar-refractivity contribution in [1.29, 1.82) is 0 Å². The van der Waals surface area contributed by atoms with Gasteiger partial charge in [-0.2, -0.15) is 0 Å². The van der Waals surface area contributed by atoms with Crippen LogP contribution in [0.4, 0.5) is 5.82 Å². The molecule has 25 heavy (non-hydrogen) atoms. The van der Waals surface area contributed by atoms with Gasteiger partial charge in [-0.15, -0.1) is 0 Å². The van der Waals surface area contributed by atoms with Gasteiger partial charge in [-0.25, -0.2) is 4.98 Å². The number of rotatable bonds is 4. The number of aryl methyl sites for hydroxylation is 1. The van der Waals surface area contributed by atoms with Gasteiger partial charge in [-0.1, -0.05) is 24.3 Å². The molecule has 0 radical (unpaired) electrons. The predicted octanol–water partition coefficient (Wildman–Crippen LogP) is 2.68. The Morgan fingerprint density at radius 1 is 1.16 bits per heavy atom. The first kappa shape index (κ1) is 16.1. The molecule has 4 rings (SSSR count). The number of aromatic nitrogens is 2. The summed E-state index contributed by atoms with van der Waals surface area (Å²) < 4.78 is 0. The zero-order chi connectivity index (χ0) is 17.1. The molecule has 1 unspecified atom stereocenters. The van der Waals surface area contributed by atoms with E-state index in [9.17, 15) is 4.79 Å². The highest BCUT2D eigenvalue weighted by atomic mass is 16.1. The Morgan fingerprint density at radius 3 is 2.80 bits per heavy atom. The number of nitrogens with zero attached hydrogens (tertiary/aromatic N) is 3. The minimum absolute atomic E-state index is 0.194. The molecule has 1 saturated heterocycles. The summed E-state index contributed by atoms with van der Waals surface area (Å²) in [6, 6.07) is 8.82. The van der Waals surface area contributed by atoms with Gasteiger partial charge in [0, 0.05) is 37.9 Å². The molecule has 0 spiro atoms. The Hall–Kier alpha value is -2.43. The Kier molecular flexibility index (Phi) is 4.63. The Morgan fingerprint density at radius 2 is 2.00 bits per heavy atom. The summed E-state index contributed by atoms with van der Waals surface area (Å²) in [5.74, 6) is 1.50. The fourth-order valence-corrected chi connectivity index (χ4v) is 4.08. The fraction of sp³-hybridized carbons (Fsp3) is 0.450. The first-order valence-corrected chi connectivity index (χ1v) is 9.18. The quantitative estimate of drug-likeness (QED) is 0.933. The fourth-order valence-electron chi connectivity index (χ4n) is 4.08. The van der Waals surface area contributed by atoms with E-state index < -0.39 is 0 Å². The molecule has 2 aromatic rings. The van der Waals surface area contributed by atoms with Gasteiger partial charge in [0.15, 0.2) is 0 Å². The second kappa shape index (κ2) is 7.21. The predicted molar refractivity (Wildman–Crippen MR) is 97.5 cm³/mol. The van der Waals surface area contributed by atoms with Gasteiger partial charge in [0.2, 0.25) is 5.91 Å². The molecule has 1 N–H and O–H groups in total. The lowest BCUT2D eigenvalue weighted by atomic mass is 9.97. The van der Waals surface area contributed by atoms with Crippen molar-refractivity contribution < 1.29 is 4.79 Å². The Labute approximate surface area is 148 Å². The zero-order valence-electron chi connectivity index (χ0n) is 14.4. The molecular weight excluding hydrogens is 312 g/mol. The third kappa shape index (κ3) is 3.65. The molecule has 0 saturated carbocycles. The van der Waals surface area contributed by atoms with E-state index in [0.717, 1.165) is 44.6 Å². The van der Waals surface area contributed by atoms with Gasteiger partial charge in [0.25, 0.3) is 0 Å². The second-order valence-corrected chi connectivity index (χ2v) is 7.03. The van der Waals surface area contributed by atoms with Crippen molar-refractivity contribution in [2.75, 3.05) is 18.0 Å². The van der Waals surface area contributed by atoms with Gasteiger partial charge in [-0.3, -0.25) is 9.78 Å². The first-order chi connectivity index (χ1) is 12.3. The Bertz CT molecular complexity index is 725. The van der Waals surface area contributed by atoms with Crippen molar-refractivity contribution in [2.24, 2.45) is 0 Å². The summed E-state index contributed by atoms with van der Waals surface area (Å²) in [7, 11) is 0. The van der Waals surface area contributed by atoms with Crippen LogP contribution in [0.15, 0.2) is 42.9 Å². The van der Waals surface area contributed by atoms with Crippen LogP contribution in [-0.4, -0.2) is 35.0 Å². The molecule has 1 aromatic carbocycles. The maximum absolute atomic E-state index is 12.5. The lowest BCUT2D eigenvalue weighted by Crippen LogP contribution is -2.45. The number of piperidine rings is 1. The van der Waals surface area contributed by atoms with Crippen LogP contribution < -0.4 is 10.2 Å². The van der Waals surface area contributed by atoms with Crippen LogP contribution in [-0.2, 0) is 11.2 Å². The molecule has 0 bridgehead atoms. The smallest absolute Gasteiger partial charge is 0.220 e. The standard InChI is InChI=1S/C20H24N4O/c25-20(13-16-6-5-15-3-1-2-4-18(15)16)23-17-7-11-24(12-8-17)19-14-21-9-10-22-19/h1-4,9-10,14,16-17H,5-8,11-13H2,(H,23,25). The number of carbonyl (C=O) groups is 1. The molecule has 1 amide bonds. The van der Waals surface area contributed by atoms with Gasteiger partial charge >= 0.3 is 0 Å². The van der Waals surface area contributed by atoms with Crippen molar-refractivity contribution in [3.63, 3.8) is 0 Å². The van der Waals surface area contributed by atoms with Crippen LogP contribution in [0.1, 0.15) is 42.7 Å². The number of hydrogen-bond acceptors (Lipinski definition) is 4. The average Bonchev–Trinajstić information content (AvgIpc) is 3.06. The molecule has 1 atom stereocenters. The SMILES string of the molecule is O=C(CC1CCc2ccccc21)NC1CCN(c2cnccn2)CC1. The molecule has 130 valence electrons. The summed E-state index contributed by atoms with van der Waals surface area (Å²) in [4.78, 5) is 23.2. The summed E-state index contributed by atoms with van der Waals surface area (Å²) in [6.07, 6.45) is 9.95. The van der Waals surface area contributed by atoms with E-state index in [-0.39, 0.29) is 11.9 Å². The van der Waals surface area contributed by atoms with Gasteiger partial charge < -0.3 is 10.2 Å². The topological polar surface area (TPSA) is 58.1 Å².